The van der Waals surface area contributed by atoms with Crippen molar-refractivity contribution >= 4 is 5.78 Å². The van der Waals surface area contributed by atoms with Crippen LogP contribution in [0.1, 0.15) is 52.9 Å². The molecule has 0 aromatic rings. The molecule has 0 unspecified atom stereocenters. The van der Waals surface area contributed by atoms with Crippen LogP contribution in [0.15, 0.2) is 0 Å². The normalized spacial score (nSPS) is 11.2. The van der Waals surface area contributed by atoms with Crippen LogP contribution in [0.2, 0.25) is 0 Å². The highest BCUT2D eigenvalue weighted by Gasteiger charge is 2.04. The molecule has 0 aliphatic heterocycles. The quantitative estimate of drug-likeness (QED) is 0.434. The Labute approximate surface area is 124 Å². The lowest BCUT2D eigenvalue weighted by Gasteiger charge is -2.07. The zero-order chi connectivity index (χ0) is 15.1. The van der Waals surface area contributed by atoms with Crippen molar-refractivity contribution in [2.24, 2.45) is 5.92 Å². The average molecular weight is 288 g/mol. The van der Waals surface area contributed by atoms with Gasteiger partial charge >= 0.3 is 0 Å². The van der Waals surface area contributed by atoms with Crippen LogP contribution in [0.4, 0.5) is 0 Å². The number of rotatable bonds is 15. The van der Waals surface area contributed by atoms with Crippen LogP contribution < -0.4 is 0 Å². The van der Waals surface area contributed by atoms with Crippen molar-refractivity contribution in [1.29, 1.82) is 0 Å². The molecule has 4 heteroatoms. The summed E-state index contributed by atoms with van der Waals surface area (Å²) in [6.07, 6.45) is 4.39. The van der Waals surface area contributed by atoms with Gasteiger partial charge in [-0.1, -0.05) is 27.2 Å². The summed E-state index contributed by atoms with van der Waals surface area (Å²) in [5.41, 5.74) is 0. The lowest BCUT2D eigenvalue weighted by Crippen LogP contribution is -2.11. The molecule has 0 heterocycles. The third-order valence-corrected chi connectivity index (χ3v) is 2.77. The summed E-state index contributed by atoms with van der Waals surface area (Å²) in [5, 5.41) is 0. The van der Waals surface area contributed by atoms with Gasteiger partial charge in [0.2, 0.25) is 0 Å². The van der Waals surface area contributed by atoms with Crippen molar-refractivity contribution in [3.05, 3.63) is 0 Å². The van der Waals surface area contributed by atoms with E-state index in [9.17, 15) is 4.79 Å². The van der Waals surface area contributed by atoms with Gasteiger partial charge in [0.05, 0.1) is 26.4 Å². The van der Waals surface area contributed by atoms with E-state index in [0.29, 0.717) is 57.6 Å². The van der Waals surface area contributed by atoms with Crippen LogP contribution in [-0.4, -0.2) is 45.4 Å². The molecule has 0 saturated heterocycles. The van der Waals surface area contributed by atoms with Crippen molar-refractivity contribution in [3.8, 4) is 0 Å². The first-order valence-electron chi connectivity index (χ1n) is 7.91. The first kappa shape index (κ1) is 19.6. The second-order valence-electron chi connectivity index (χ2n) is 5.43. The van der Waals surface area contributed by atoms with Crippen molar-refractivity contribution in [3.63, 3.8) is 0 Å². The number of Topliss-reactive ketones (excluding diaryl/α,β-unsaturated/α-hetero) is 1. The highest BCUT2D eigenvalue weighted by atomic mass is 16.5. The smallest absolute Gasteiger partial charge is 0.133 e. The van der Waals surface area contributed by atoms with Crippen LogP contribution in [0.3, 0.4) is 0 Å². The van der Waals surface area contributed by atoms with E-state index in [1.54, 1.807) is 0 Å². The van der Waals surface area contributed by atoms with E-state index < -0.39 is 0 Å². The number of carbonyl (C=O) groups is 1. The van der Waals surface area contributed by atoms with E-state index in [1.165, 1.54) is 0 Å². The van der Waals surface area contributed by atoms with Gasteiger partial charge in [-0.05, 0) is 18.8 Å². The van der Waals surface area contributed by atoms with Crippen molar-refractivity contribution in [2.75, 3.05) is 39.6 Å². The lowest BCUT2D eigenvalue weighted by atomic mass is 10.0. The number of ketones is 1. The molecule has 0 aliphatic carbocycles. The number of unbranched alkanes of at least 4 members (excludes halogenated alkanes) is 1. The highest BCUT2D eigenvalue weighted by molar-refractivity contribution is 5.78. The second-order valence-corrected chi connectivity index (χ2v) is 5.43. The molecule has 4 nitrogen and oxygen atoms in total. The molecule has 0 bridgehead atoms. The maximum atomic E-state index is 11.4. The fourth-order valence-electron chi connectivity index (χ4n) is 1.72. The first-order valence-corrected chi connectivity index (χ1v) is 7.91. The monoisotopic (exact) mass is 288 g/mol. The Kier molecular flexibility index (Phi) is 14.6. The third-order valence-electron chi connectivity index (χ3n) is 2.77. The Morgan fingerprint density at radius 2 is 1.35 bits per heavy atom. The van der Waals surface area contributed by atoms with Crippen LogP contribution in [0.5, 0.6) is 0 Å². The van der Waals surface area contributed by atoms with E-state index in [-0.39, 0.29) is 0 Å². The van der Waals surface area contributed by atoms with Gasteiger partial charge in [-0.15, -0.1) is 0 Å². The Balaban J connectivity index is 3.08. The molecule has 0 aromatic heterocycles. The van der Waals surface area contributed by atoms with E-state index in [4.69, 9.17) is 14.2 Å². The first-order chi connectivity index (χ1) is 9.66. The predicted octanol–water partition coefficient (Wildman–Crippen LogP) is 3.23. The van der Waals surface area contributed by atoms with Gasteiger partial charge < -0.3 is 14.2 Å². The standard InChI is InChI=1S/C16H32O4/c1-4-5-8-18-10-12-20-13-11-19-9-6-7-16(17)14-15(2)3/h15H,4-14H2,1-3H3. The average Bonchev–Trinajstić information content (AvgIpc) is 2.39. The molecule has 0 atom stereocenters. The molecule has 0 N–H and O–H groups in total. The Morgan fingerprint density at radius 3 is 1.85 bits per heavy atom. The summed E-state index contributed by atoms with van der Waals surface area (Å²) in [6.45, 7) is 10.2. The molecule has 20 heavy (non-hydrogen) atoms. The Morgan fingerprint density at radius 1 is 0.850 bits per heavy atom. The number of carbonyl (C=O) groups excluding carboxylic acids is 1. The van der Waals surface area contributed by atoms with Crippen LogP contribution >= 0.6 is 0 Å². The fourth-order valence-corrected chi connectivity index (χ4v) is 1.72. The minimum absolute atomic E-state index is 0.337. The predicted molar refractivity (Wildman–Crippen MR) is 81.1 cm³/mol. The zero-order valence-corrected chi connectivity index (χ0v) is 13.5. The van der Waals surface area contributed by atoms with E-state index in [1.807, 2.05) is 0 Å². The van der Waals surface area contributed by atoms with Gasteiger partial charge in [-0.3, -0.25) is 4.79 Å². The molecule has 0 spiro atoms. The number of ether oxygens (including phenoxy) is 3. The summed E-state index contributed by atoms with van der Waals surface area (Å²) >= 11 is 0. The molecular weight excluding hydrogens is 256 g/mol. The molecular formula is C16H32O4. The summed E-state index contributed by atoms with van der Waals surface area (Å²) in [7, 11) is 0. The molecule has 0 radical (unpaired) electrons. The topological polar surface area (TPSA) is 44.8 Å². The van der Waals surface area contributed by atoms with Gasteiger partial charge in [0, 0.05) is 26.1 Å². The minimum Gasteiger partial charge on any atom is -0.379 e. The zero-order valence-electron chi connectivity index (χ0n) is 13.5. The number of hydrogen-bond donors (Lipinski definition) is 0. The minimum atomic E-state index is 0.337. The number of hydrogen-bond acceptors (Lipinski definition) is 4. The van der Waals surface area contributed by atoms with Gasteiger partial charge in [0.15, 0.2) is 0 Å². The maximum Gasteiger partial charge on any atom is 0.133 e. The van der Waals surface area contributed by atoms with Crippen molar-refractivity contribution in [1.82, 2.24) is 0 Å². The lowest BCUT2D eigenvalue weighted by molar-refractivity contribution is -0.120. The van der Waals surface area contributed by atoms with E-state index >= 15 is 0 Å². The largest absolute Gasteiger partial charge is 0.379 e. The molecule has 0 amide bonds. The molecule has 0 aromatic carbocycles. The Bertz CT molecular complexity index is 217. The molecule has 120 valence electrons. The van der Waals surface area contributed by atoms with Crippen molar-refractivity contribution in [2.45, 2.75) is 52.9 Å². The van der Waals surface area contributed by atoms with Crippen LogP contribution in [-0.2, 0) is 19.0 Å². The third kappa shape index (κ3) is 15.6. The Hall–Kier alpha value is -0.450. The van der Waals surface area contributed by atoms with E-state index in [2.05, 4.69) is 20.8 Å². The molecule has 0 rings (SSSR count). The van der Waals surface area contributed by atoms with Gasteiger partial charge in [0.1, 0.15) is 5.78 Å². The van der Waals surface area contributed by atoms with Gasteiger partial charge in [-0.25, -0.2) is 0 Å². The highest BCUT2D eigenvalue weighted by Crippen LogP contribution is 2.04. The van der Waals surface area contributed by atoms with Gasteiger partial charge in [0.25, 0.3) is 0 Å². The summed E-state index contributed by atoms with van der Waals surface area (Å²) < 4.78 is 16.2. The molecule has 0 aliphatic rings. The molecule has 0 saturated carbocycles. The summed E-state index contributed by atoms with van der Waals surface area (Å²) in [6, 6.07) is 0. The van der Waals surface area contributed by atoms with Gasteiger partial charge in [-0.2, -0.15) is 0 Å². The van der Waals surface area contributed by atoms with Crippen LogP contribution in [0, 0.1) is 5.92 Å². The fraction of sp³-hybridized carbons (Fsp3) is 0.938. The van der Waals surface area contributed by atoms with E-state index in [0.717, 1.165) is 25.9 Å². The SMILES string of the molecule is CCCCOCCOCCOCCCC(=O)CC(C)C. The van der Waals surface area contributed by atoms with Crippen molar-refractivity contribution < 1.29 is 19.0 Å². The second kappa shape index (κ2) is 14.9. The molecule has 0 fully saturated rings. The maximum absolute atomic E-state index is 11.4. The summed E-state index contributed by atoms with van der Waals surface area (Å²) in [4.78, 5) is 11.4. The summed E-state index contributed by atoms with van der Waals surface area (Å²) in [5.74, 6) is 0.792. The van der Waals surface area contributed by atoms with Crippen LogP contribution in [0.25, 0.3) is 0 Å².